The minimum absolute atomic E-state index is 0.226. The van der Waals surface area contributed by atoms with Gasteiger partial charge in [0.15, 0.2) is 5.11 Å². The van der Waals surface area contributed by atoms with E-state index in [1.165, 1.54) is 12.1 Å². The van der Waals surface area contributed by atoms with Crippen molar-refractivity contribution in [1.29, 1.82) is 0 Å². The van der Waals surface area contributed by atoms with Crippen molar-refractivity contribution in [2.45, 2.75) is 12.8 Å². The van der Waals surface area contributed by atoms with E-state index < -0.39 is 0 Å². The van der Waals surface area contributed by atoms with Crippen molar-refractivity contribution < 1.29 is 9.13 Å². The summed E-state index contributed by atoms with van der Waals surface area (Å²) in [4.78, 5) is 3.09. The topological polar surface area (TPSA) is 49.1 Å². The summed E-state index contributed by atoms with van der Waals surface area (Å²) < 4.78 is 18.1. The Kier molecular flexibility index (Phi) is 5.95. The second kappa shape index (κ2) is 7.95. The molecule has 0 aliphatic carbocycles. The van der Waals surface area contributed by atoms with Crippen LogP contribution in [0.3, 0.4) is 0 Å². The Hall–Kier alpha value is -1.66. The van der Waals surface area contributed by atoms with Gasteiger partial charge >= 0.3 is 0 Å². The van der Waals surface area contributed by atoms with Crippen LogP contribution in [-0.2, 0) is 11.2 Å². The molecular formula is C15H20FN3OS. The summed E-state index contributed by atoms with van der Waals surface area (Å²) in [5.74, 6) is -0.226. The van der Waals surface area contributed by atoms with Crippen LogP contribution in [-0.4, -0.2) is 36.9 Å². The smallest absolute Gasteiger partial charge is 0.166 e. The van der Waals surface area contributed by atoms with Gasteiger partial charge in [-0.3, -0.25) is 0 Å². The van der Waals surface area contributed by atoms with Gasteiger partial charge in [0, 0.05) is 43.9 Å². The average molecular weight is 309 g/mol. The van der Waals surface area contributed by atoms with Crippen molar-refractivity contribution in [3.63, 3.8) is 0 Å². The highest BCUT2D eigenvalue weighted by Crippen LogP contribution is 2.19. The number of thiocarbonyl (C=S) groups is 1. The molecule has 0 saturated carbocycles. The average Bonchev–Trinajstić information content (AvgIpc) is 2.86. The number of hydrogen-bond acceptors (Lipinski definition) is 2. The van der Waals surface area contributed by atoms with Crippen molar-refractivity contribution in [3.8, 4) is 0 Å². The molecule has 4 nitrogen and oxygen atoms in total. The van der Waals surface area contributed by atoms with Gasteiger partial charge in [-0.05, 0) is 48.8 Å². The predicted octanol–water partition coefficient (Wildman–Crippen LogP) is 2.35. The molecule has 21 heavy (non-hydrogen) atoms. The van der Waals surface area contributed by atoms with Crippen LogP contribution in [0.2, 0.25) is 0 Å². The van der Waals surface area contributed by atoms with Crippen LogP contribution >= 0.6 is 12.2 Å². The number of fused-ring (bicyclic) bond motifs is 1. The Balaban J connectivity index is 1.76. The van der Waals surface area contributed by atoms with Gasteiger partial charge in [-0.1, -0.05) is 0 Å². The summed E-state index contributed by atoms with van der Waals surface area (Å²) in [5.41, 5.74) is 1.98. The number of nitrogens with one attached hydrogen (secondary N) is 3. The first-order valence-corrected chi connectivity index (χ1v) is 7.37. The van der Waals surface area contributed by atoms with Crippen LogP contribution in [0.1, 0.15) is 12.0 Å². The van der Waals surface area contributed by atoms with Crippen LogP contribution in [0.5, 0.6) is 0 Å². The summed E-state index contributed by atoms with van der Waals surface area (Å²) in [6, 6.07) is 4.79. The molecule has 0 radical (unpaired) electrons. The Morgan fingerprint density at radius 3 is 2.95 bits per heavy atom. The maximum absolute atomic E-state index is 13.1. The Labute approximate surface area is 129 Å². The maximum atomic E-state index is 13.1. The van der Waals surface area contributed by atoms with Crippen LogP contribution in [0, 0.1) is 5.82 Å². The summed E-state index contributed by atoms with van der Waals surface area (Å²) in [6.45, 7) is 2.26. The second-order valence-corrected chi connectivity index (χ2v) is 5.19. The first kappa shape index (κ1) is 15.7. The Bertz CT molecular complexity index is 600. The van der Waals surface area contributed by atoms with E-state index >= 15 is 0 Å². The van der Waals surface area contributed by atoms with Gasteiger partial charge in [0.2, 0.25) is 0 Å². The van der Waals surface area contributed by atoms with Gasteiger partial charge in [0.1, 0.15) is 5.82 Å². The number of H-pyrrole nitrogens is 1. The molecule has 1 aromatic heterocycles. The van der Waals surface area contributed by atoms with E-state index in [4.69, 9.17) is 17.0 Å². The summed E-state index contributed by atoms with van der Waals surface area (Å²) >= 11 is 5.19. The molecule has 2 rings (SSSR count). The lowest BCUT2D eigenvalue weighted by Gasteiger charge is -2.09. The van der Waals surface area contributed by atoms with E-state index in [1.54, 1.807) is 13.2 Å². The summed E-state index contributed by atoms with van der Waals surface area (Å²) in [7, 11) is 1.68. The van der Waals surface area contributed by atoms with Gasteiger partial charge in [0.05, 0.1) is 0 Å². The zero-order valence-electron chi connectivity index (χ0n) is 12.0. The molecule has 0 bridgehead atoms. The lowest BCUT2D eigenvalue weighted by molar-refractivity contribution is 0.195. The largest absolute Gasteiger partial charge is 0.385 e. The highest BCUT2D eigenvalue weighted by Gasteiger charge is 2.04. The zero-order valence-corrected chi connectivity index (χ0v) is 12.9. The van der Waals surface area contributed by atoms with E-state index in [-0.39, 0.29) is 5.82 Å². The molecule has 114 valence electrons. The van der Waals surface area contributed by atoms with Crippen molar-refractivity contribution in [2.24, 2.45) is 0 Å². The number of methoxy groups -OCH3 is 1. The van der Waals surface area contributed by atoms with Gasteiger partial charge < -0.3 is 20.4 Å². The summed E-state index contributed by atoms with van der Waals surface area (Å²) in [6.07, 6.45) is 3.67. The molecule has 0 atom stereocenters. The van der Waals surface area contributed by atoms with E-state index in [2.05, 4.69) is 15.6 Å². The van der Waals surface area contributed by atoms with Gasteiger partial charge in [-0.2, -0.15) is 0 Å². The molecule has 0 unspecified atom stereocenters. The molecule has 1 heterocycles. The van der Waals surface area contributed by atoms with Crippen LogP contribution in [0.4, 0.5) is 4.39 Å². The number of hydrogen-bond donors (Lipinski definition) is 3. The fourth-order valence-corrected chi connectivity index (χ4v) is 2.36. The number of halogens is 1. The van der Waals surface area contributed by atoms with E-state index in [1.807, 2.05) is 6.20 Å². The number of aromatic amines is 1. The van der Waals surface area contributed by atoms with Gasteiger partial charge in [-0.25, -0.2) is 4.39 Å². The first-order chi connectivity index (χ1) is 10.2. The number of aromatic nitrogens is 1. The molecule has 3 N–H and O–H groups in total. The third-order valence-electron chi connectivity index (χ3n) is 3.22. The molecule has 0 spiro atoms. The molecular weight excluding hydrogens is 289 g/mol. The zero-order chi connectivity index (χ0) is 15.1. The standard InChI is InChI=1S/C15H20FN3OS/c1-20-8-2-6-17-15(21)18-7-5-11-10-19-14-9-12(16)3-4-13(11)14/h3-4,9-10,19H,2,5-8H2,1H3,(H2,17,18,21). The highest BCUT2D eigenvalue weighted by atomic mass is 32.1. The maximum Gasteiger partial charge on any atom is 0.166 e. The molecule has 2 aromatic rings. The van der Waals surface area contributed by atoms with Crippen molar-refractivity contribution in [1.82, 2.24) is 15.6 Å². The van der Waals surface area contributed by atoms with E-state index in [0.717, 1.165) is 49.0 Å². The molecule has 0 saturated heterocycles. The fourth-order valence-electron chi connectivity index (χ4n) is 2.16. The van der Waals surface area contributed by atoms with Gasteiger partial charge in [0.25, 0.3) is 0 Å². The predicted molar refractivity (Wildman–Crippen MR) is 87.1 cm³/mol. The third-order valence-corrected chi connectivity index (χ3v) is 3.51. The number of rotatable bonds is 7. The summed E-state index contributed by atoms with van der Waals surface area (Å²) in [5, 5.41) is 7.99. The van der Waals surface area contributed by atoms with Crippen molar-refractivity contribution in [2.75, 3.05) is 26.8 Å². The molecule has 0 aliphatic heterocycles. The minimum atomic E-state index is -0.226. The number of ether oxygens (including phenoxy) is 1. The molecule has 1 aromatic carbocycles. The third kappa shape index (κ3) is 4.68. The minimum Gasteiger partial charge on any atom is -0.385 e. The lowest BCUT2D eigenvalue weighted by Crippen LogP contribution is -2.37. The van der Waals surface area contributed by atoms with Crippen LogP contribution in [0.15, 0.2) is 24.4 Å². The number of benzene rings is 1. The quantitative estimate of drug-likeness (QED) is 0.543. The van der Waals surface area contributed by atoms with Crippen molar-refractivity contribution >= 4 is 28.2 Å². The van der Waals surface area contributed by atoms with Crippen LogP contribution < -0.4 is 10.6 Å². The molecule has 0 aliphatic rings. The van der Waals surface area contributed by atoms with Crippen molar-refractivity contribution in [3.05, 3.63) is 35.8 Å². The Morgan fingerprint density at radius 1 is 1.33 bits per heavy atom. The van der Waals surface area contributed by atoms with E-state index in [9.17, 15) is 4.39 Å². The fraction of sp³-hybridized carbons (Fsp3) is 0.400. The lowest BCUT2D eigenvalue weighted by atomic mass is 10.1. The Morgan fingerprint density at radius 2 is 2.14 bits per heavy atom. The van der Waals surface area contributed by atoms with Gasteiger partial charge in [-0.15, -0.1) is 0 Å². The monoisotopic (exact) mass is 309 g/mol. The first-order valence-electron chi connectivity index (χ1n) is 6.97. The van der Waals surface area contributed by atoms with E-state index in [0.29, 0.717) is 5.11 Å². The molecule has 0 fully saturated rings. The van der Waals surface area contributed by atoms with Crippen LogP contribution in [0.25, 0.3) is 10.9 Å². The normalized spacial score (nSPS) is 10.8. The second-order valence-electron chi connectivity index (χ2n) is 4.78. The molecule has 6 heteroatoms. The molecule has 0 amide bonds. The highest BCUT2D eigenvalue weighted by molar-refractivity contribution is 7.80. The SMILES string of the molecule is COCCCNC(=S)NCCc1c[nH]c2cc(F)ccc12.